The van der Waals surface area contributed by atoms with Gasteiger partial charge in [-0.2, -0.15) is 0 Å². The lowest BCUT2D eigenvalue weighted by atomic mass is 9.90. The van der Waals surface area contributed by atoms with Crippen molar-refractivity contribution in [3.8, 4) is 0 Å². The number of nitrogens with one attached hydrogen (secondary N) is 2. The largest absolute Gasteiger partial charge is 0.356 e. The molecule has 19 heavy (non-hydrogen) atoms. The molecule has 2 N–H and O–H groups in total. The average molecular weight is 264 g/mol. The second kappa shape index (κ2) is 7.28. The molecule has 0 aliphatic carbocycles. The lowest BCUT2D eigenvalue weighted by Gasteiger charge is -2.29. The van der Waals surface area contributed by atoms with Crippen LogP contribution in [0.15, 0.2) is 18.7 Å². The zero-order valence-electron chi connectivity index (χ0n) is 11.6. The molecule has 0 spiro atoms. The first-order valence-corrected chi connectivity index (χ1v) is 7.21. The number of carbonyl (C=O) groups excluding carboxylic acids is 1. The van der Waals surface area contributed by atoms with Crippen molar-refractivity contribution in [1.29, 1.82) is 0 Å². The smallest absolute Gasteiger partial charge is 0.221 e. The molecule has 0 bridgehead atoms. The predicted molar refractivity (Wildman–Crippen MR) is 74.7 cm³/mol. The fraction of sp³-hybridized carbons (Fsp3) is 0.714. The van der Waals surface area contributed by atoms with Crippen LogP contribution in [-0.2, 0) is 11.3 Å². The Bertz CT molecular complexity index is 377. The summed E-state index contributed by atoms with van der Waals surface area (Å²) in [4.78, 5) is 15.8. The maximum absolute atomic E-state index is 11.8. The predicted octanol–water partition coefficient (Wildman–Crippen LogP) is 1.17. The standard InChI is InChI=1S/C14H24N4O/c1-12-4-2-5-16-13(12)10-14(19)17-6-3-8-18-9-7-15-11-18/h7,9,11-13,16H,2-6,8,10H2,1H3,(H,17,19). The molecule has 2 atom stereocenters. The van der Waals surface area contributed by atoms with Gasteiger partial charge in [0.2, 0.25) is 5.91 Å². The first kappa shape index (κ1) is 14.1. The first-order valence-electron chi connectivity index (χ1n) is 7.21. The molecule has 1 aliphatic rings. The Labute approximate surface area is 114 Å². The Balaban J connectivity index is 1.59. The van der Waals surface area contributed by atoms with Crippen molar-refractivity contribution in [2.24, 2.45) is 5.92 Å². The van der Waals surface area contributed by atoms with E-state index in [1.54, 1.807) is 12.5 Å². The molecule has 2 unspecified atom stereocenters. The van der Waals surface area contributed by atoms with E-state index in [9.17, 15) is 4.79 Å². The first-order chi connectivity index (χ1) is 9.25. The van der Waals surface area contributed by atoms with Crippen LogP contribution in [0.25, 0.3) is 0 Å². The number of rotatable bonds is 6. The lowest BCUT2D eigenvalue weighted by Crippen LogP contribution is -2.43. The Morgan fingerprint density at radius 1 is 1.58 bits per heavy atom. The summed E-state index contributed by atoms with van der Waals surface area (Å²) in [6.07, 6.45) is 9.51. The van der Waals surface area contributed by atoms with E-state index in [1.807, 2.05) is 10.8 Å². The zero-order valence-corrected chi connectivity index (χ0v) is 11.6. The highest BCUT2D eigenvalue weighted by Crippen LogP contribution is 2.17. The van der Waals surface area contributed by atoms with E-state index in [0.29, 0.717) is 18.4 Å². The van der Waals surface area contributed by atoms with Gasteiger partial charge in [-0.25, -0.2) is 4.98 Å². The van der Waals surface area contributed by atoms with Crippen LogP contribution in [0.1, 0.15) is 32.6 Å². The van der Waals surface area contributed by atoms with Gasteiger partial charge in [0.15, 0.2) is 0 Å². The lowest BCUT2D eigenvalue weighted by molar-refractivity contribution is -0.122. The van der Waals surface area contributed by atoms with E-state index < -0.39 is 0 Å². The van der Waals surface area contributed by atoms with Gasteiger partial charge in [0, 0.05) is 37.9 Å². The number of aryl methyl sites for hydroxylation is 1. The number of carbonyl (C=O) groups is 1. The van der Waals surface area contributed by atoms with E-state index in [4.69, 9.17) is 0 Å². The van der Waals surface area contributed by atoms with E-state index >= 15 is 0 Å². The fourth-order valence-corrected chi connectivity index (χ4v) is 2.57. The van der Waals surface area contributed by atoms with Gasteiger partial charge in [0.25, 0.3) is 0 Å². The van der Waals surface area contributed by atoms with Gasteiger partial charge in [0.05, 0.1) is 6.33 Å². The molecule has 1 amide bonds. The van der Waals surface area contributed by atoms with Gasteiger partial charge >= 0.3 is 0 Å². The second-order valence-electron chi connectivity index (χ2n) is 5.39. The second-order valence-corrected chi connectivity index (χ2v) is 5.39. The summed E-state index contributed by atoms with van der Waals surface area (Å²) < 4.78 is 2.02. The Morgan fingerprint density at radius 2 is 2.47 bits per heavy atom. The van der Waals surface area contributed by atoms with Crippen molar-refractivity contribution in [1.82, 2.24) is 20.2 Å². The Hall–Kier alpha value is -1.36. The van der Waals surface area contributed by atoms with Crippen molar-refractivity contribution in [2.45, 2.75) is 45.2 Å². The minimum Gasteiger partial charge on any atom is -0.356 e. The summed E-state index contributed by atoms with van der Waals surface area (Å²) >= 11 is 0. The van der Waals surface area contributed by atoms with Gasteiger partial charge in [-0.3, -0.25) is 4.79 Å². The highest BCUT2D eigenvalue weighted by Gasteiger charge is 2.22. The minimum absolute atomic E-state index is 0.164. The van der Waals surface area contributed by atoms with Gasteiger partial charge < -0.3 is 15.2 Å². The van der Waals surface area contributed by atoms with Crippen molar-refractivity contribution >= 4 is 5.91 Å². The van der Waals surface area contributed by atoms with Gasteiger partial charge in [-0.15, -0.1) is 0 Å². The van der Waals surface area contributed by atoms with Gasteiger partial charge in [0.1, 0.15) is 0 Å². The molecule has 5 heteroatoms. The molecule has 106 valence electrons. The van der Waals surface area contributed by atoms with E-state index in [1.165, 1.54) is 12.8 Å². The molecule has 2 rings (SSSR count). The summed E-state index contributed by atoms with van der Waals surface area (Å²) in [5.41, 5.74) is 0. The molecule has 1 aliphatic heterocycles. The highest BCUT2D eigenvalue weighted by atomic mass is 16.1. The molecule has 0 radical (unpaired) electrons. The Morgan fingerprint density at radius 3 is 3.21 bits per heavy atom. The van der Waals surface area contributed by atoms with Gasteiger partial charge in [-0.1, -0.05) is 6.92 Å². The zero-order chi connectivity index (χ0) is 13.5. The molecule has 0 aromatic carbocycles. The molecular weight excluding hydrogens is 240 g/mol. The van der Waals surface area contributed by atoms with E-state index in [-0.39, 0.29) is 5.91 Å². The van der Waals surface area contributed by atoms with Crippen LogP contribution in [0.3, 0.4) is 0 Å². The number of aromatic nitrogens is 2. The molecule has 1 aromatic heterocycles. The van der Waals surface area contributed by atoms with Crippen LogP contribution in [0.5, 0.6) is 0 Å². The van der Waals surface area contributed by atoms with Crippen molar-refractivity contribution in [3.05, 3.63) is 18.7 Å². The maximum Gasteiger partial charge on any atom is 0.221 e. The molecule has 1 aromatic rings. The summed E-state index contributed by atoms with van der Waals surface area (Å²) in [5.74, 6) is 0.766. The summed E-state index contributed by atoms with van der Waals surface area (Å²) in [7, 11) is 0. The SMILES string of the molecule is CC1CCCNC1CC(=O)NCCCn1ccnc1. The Kier molecular flexibility index (Phi) is 5.39. The van der Waals surface area contributed by atoms with Crippen LogP contribution >= 0.6 is 0 Å². The summed E-state index contributed by atoms with van der Waals surface area (Å²) in [5, 5.41) is 6.44. The fourth-order valence-electron chi connectivity index (χ4n) is 2.57. The van der Waals surface area contributed by atoms with Crippen LogP contribution in [0.4, 0.5) is 0 Å². The third-order valence-electron chi connectivity index (χ3n) is 3.81. The summed E-state index contributed by atoms with van der Waals surface area (Å²) in [6, 6.07) is 0.349. The topological polar surface area (TPSA) is 59.0 Å². The maximum atomic E-state index is 11.8. The molecule has 5 nitrogen and oxygen atoms in total. The number of imidazole rings is 1. The average Bonchev–Trinajstić information content (AvgIpc) is 2.91. The normalized spacial score (nSPS) is 23.2. The van der Waals surface area contributed by atoms with Crippen LogP contribution in [-0.4, -0.2) is 34.6 Å². The summed E-state index contributed by atoms with van der Waals surface area (Å²) in [6.45, 7) is 4.91. The van der Waals surface area contributed by atoms with Crippen molar-refractivity contribution < 1.29 is 4.79 Å². The number of amides is 1. The number of nitrogens with zero attached hydrogens (tertiary/aromatic N) is 2. The monoisotopic (exact) mass is 264 g/mol. The van der Waals surface area contributed by atoms with Gasteiger partial charge in [-0.05, 0) is 31.7 Å². The van der Waals surface area contributed by atoms with Crippen molar-refractivity contribution in [2.75, 3.05) is 13.1 Å². The molecular formula is C14H24N4O. The molecule has 2 heterocycles. The number of hydrogen-bond donors (Lipinski definition) is 2. The quantitative estimate of drug-likeness (QED) is 0.758. The molecule has 1 saturated heterocycles. The number of piperidine rings is 1. The molecule has 1 fully saturated rings. The van der Waals surface area contributed by atoms with Crippen molar-refractivity contribution in [3.63, 3.8) is 0 Å². The minimum atomic E-state index is 0.164. The van der Waals surface area contributed by atoms with Crippen LogP contribution in [0, 0.1) is 5.92 Å². The van der Waals surface area contributed by atoms with E-state index in [2.05, 4.69) is 22.5 Å². The van der Waals surface area contributed by atoms with Crippen LogP contribution in [0.2, 0.25) is 0 Å². The molecule has 0 saturated carbocycles. The number of hydrogen-bond acceptors (Lipinski definition) is 3. The highest BCUT2D eigenvalue weighted by molar-refractivity contribution is 5.76. The third kappa shape index (κ3) is 4.67. The third-order valence-corrected chi connectivity index (χ3v) is 3.81. The van der Waals surface area contributed by atoms with Crippen LogP contribution < -0.4 is 10.6 Å². The van der Waals surface area contributed by atoms with E-state index in [0.717, 1.165) is 26.1 Å².